The first-order chi connectivity index (χ1) is 7.65. The van der Waals surface area contributed by atoms with Crippen LogP contribution in [-0.4, -0.2) is 0 Å². The summed E-state index contributed by atoms with van der Waals surface area (Å²) in [4.78, 5) is 0. The molecule has 2 rings (SSSR count). The molecule has 0 fully saturated rings. The standard InChI is InChI=1S/C14H16N2/c1-10-3-6-13(7-4-10)16-14-8-5-12(15)9-11(14)2/h3-9,16H,15H2,1-2H3. The van der Waals surface area contributed by atoms with Gasteiger partial charge in [-0.2, -0.15) is 0 Å². The normalized spacial score (nSPS) is 10.1. The average Bonchev–Trinajstić information content (AvgIpc) is 2.25. The number of hydrogen-bond donors (Lipinski definition) is 2. The summed E-state index contributed by atoms with van der Waals surface area (Å²) in [6.07, 6.45) is 0. The molecular weight excluding hydrogens is 196 g/mol. The van der Waals surface area contributed by atoms with Gasteiger partial charge in [-0.05, 0) is 49.7 Å². The molecule has 3 N–H and O–H groups in total. The molecule has 0 aromatic heterocycles. The summed E-state index contributed by atoms with van der Waals surface area (Å²) in [6, 6.07) is 14.2. The Hall–Kier alpha value is -1.96. The zero-order chi connectivity index (χ0) is 11.5. The van der Waals surface area contributed by atoms with Gasteiger partial charge >= 0.3 is 0 Å². The van der Waals surface area contributed by atoms with E-state index in [1.807, 2.05) is 25.1 Å². The van der Waals surface area contributed by atoms with E-state index in [4.69, 9.17) is 5.73 Å². The van der Waals surface area contributed by atoms with E-state index in [1.54, 1.807) is 0 Å². The van der Waals surface area contributed by atoms with Gasteiger partial charge < -0.3 is 11.1 Å². The minimum absolute atomic E-state index is 0.798. The van der Waals surface area contributed by atoms with Gasteiger partial charge in [0.15, 0.2) is 0 Å². The molecule has 0 aliphatic rings. The van der Waals surface area contributed by atoms with Crippen molar-refractivity contribution in [3.05, 3.63) is 53.6 Å². The molecule has 0 aliphatic carbocycles. The van der Waals surface area contributed by atoms with Gasteiger partial charge in [-0.1, -0.05) is 17.7 Å². The minimum Gasteiger partial charge on any atom is -0.399 e. The van der Waals surface area contributed by atoms with Crippen molar-refractivity contribution in [2.45, 2.75) is 13.8 Å². The van der Waals surface area contributed by atoms with Crippen LogP contribution in [0, 0.1) is 13.8 Å². The Morgan fingerprint density at radius 2 is 1.62 bits per heavy atom. The van der Waals surface area contributed by atoms with Crippen LogP contribution >= 0.6 is 0 Å². The quantitative estimate of drug-likeness (QED) is 0.746. The largest absolute Gasteiger partial charge is 0.399 e. The molecule has 0 bridgehead atoms. The lowest BCUT2D eigenvalue weighted by Gasteiger charge is -2.10. The van der Waals surface area contributed by atoms with E-state index in [0.717, 1.165) is 22.6 Å². The molecule has 82 valence electrons. The van der Waals surface area contributed by atoms with Crippen molar-refractivity contribution >= 4 is 17.1 Å². The molecule has 16 heavy (non-hydrogen) atoms. The first-order valence-corrected chi connectivity index (χ1v) is 5.35. The zero-order valence-electron chi connectivity index (χ0n) is 9.62. The molecule has 0 unspecified atom stereocenters. The number of rotatable bonds is 2. The molecule has 0 saturated carbocycles. The summed E-state index contributed by atoms with van der Waals surface area (Å²) in [5, 5.41) is 3.37. The topological polar surface area (TPSA) is 38.0 Å². The molecule has 0 spiro atoms. The third-order valence-corrected chi connectivity index (χ3v) is 2.58. The van der Waals surface area contributed by atoms with Gasteiger partial charge in [-0.25, -0.2) is 0 Å². The summed E-state index contributed by atoms with van der Waals surface area (Å²) in [5.74, 6) is 0. The Morgan fingerprint density at radius 1 is 0.938 bits per heavy atom. The number of nitrogen functional groups attached to an aromatic ring is 1. The van der Waals surface area contributed by atoms with Crippen LogP contribution in [0.15, 0.2) is 42.5 Å². The monoisotopic (exact) mass is 212 g/mol. The second-order valence-electron chi connectivity index (χ2n) is 4.07. The van der Waals surface area contributed by atoms with Gasteiger partial charge in [-0.3, -0.25) is 0 Å². The highest BCUT2D eigenvalue weighted by molar-refractivity contribution is 5.65. The second kappa shape index (κ2) is 4.27. The van der Waals surface area contributed by atoms with Crippen molar-refractivity contribution < 1.29 is 0 Å². The van der Waals surface area contributed by atoms with Crippen LogP contribution in [0.4, 0.5) is 17.1 Å². The summed E-state index contributed by atoms with van der Waals surface area (Å²) >= 11 is 0. The first kappa shape index (κ1) is 10.6. The number of nitrogens with one attached hydrogen (secondary N) is 1. The predicted octanol–water partition coefficient (Wildman–Crippen LogP) is 3.63. The van der Waals surface area contributed by atoms with E-state index in [2.05, 4.69) is 36.5 Å². The molecule has 0 heterocycles. The molecular formula is C14H16N2. The Kier molecular flexibility index (Phi) is 2.82. The van der Waals surface area contributed by atoms with Gasteiger partial charge in [0.2, 0.25) is 0 Å². The van der Waals surface area contributed by atoms with Crippen LogP contribution < -0.4 is 11.1 Å². The maximum Gasteiger partial charge on any atom is 0.0415 e. The highest BCUT2D eigenvalue weighted by atomic mass is 14.9. The van der Waals surface area contributed by atoms with Gasteiger partial charge in [0.05, 0.1) is 0 Å². The van der Waals surface area contributed by atoms with Crippen molar-refractivity contribution in [1.82, 2.24) is 0 Å². The molecule has 2 heteroatoms. The van der Waals surface area contributed by atoms with Crippen LogP contribution in [-0.2, 0) is 0 Å². The predicted molar refractivity (Wildman–Crippen MR) is 70.1 cm³/mol. The first-order valence-electron chi connectivity index (χ1n) is 5.35. The summed E-state index contributed by atoms with van der Waals surface area (Å²) < 4.78 is 0. The van der Waals surface area contributed by atoms with Gasteiger partial charge in [0, 0.05) is 17.1 Å². The Morgan fingerprint density at radius 3 is 2.25 bits per heavy atom. The van der Waals surface area contributed by atoms with Gasteiger partial charge in [0.1, 0.15) is 0 Å². The lowest BCUT2D eigenvalue weighted by Crippen LogP contribution is -1.94. The summed E-state index contributed by atoms with van der Waals surface area (Å²) in [6.45, 7) is 4.13. The van der Waals surface area contributed by atoms with Crippen molar-refractivity contribution in [3.63, 3.8) is 0 Å². The van der Waals surface area contributed by atoms with E-state index < -0.39 is 0 Å². The Balaban J connectivity index is 2.23. The number of nitrogens with two attached hydrogens (primary N) is 1. The third-order valence-electron chi connectivity index (χ3n) is 2.58. The van der Waals surface area contributed by atoms with Crippen molar-refractivity contribution in [2.24, 2.45) is 0 Å². The van der Waals surface area contributed by atoms with E-state index in [-0.39, 0.29) is 0 Å². The molecule has 0 atom stereocenters. The lowest BCUT2D eigenvalue weighted by atomic mass is 10.1. The highest BCUT2D eigenvalue weighted by Gasteiger charge is 1.98. The van der Waals surface area contributed by atoms with Crippen LogP contribution in [0.25, 0.3) is 0 Å². The molecule has 2 nitrogen and oxygen atoms in total. The number of anilines is 3. The van der Waals surface area contributed by atoms with Gasteiger partial charge in [0.25, 0.3) is 0 Å². The van der Waals surface area contributed by atoms with E-state index in [1.165, 1.54) is 5.56 Å². The molecule has 2 aromatic rings. The summed E-state index contributed by atoms with van der Waals surface area (Å²) in [5.41, 5.74) is 11.1. The molecule has 0 saturated heterocycles. The van der Waals surface area contributed by atoms with E-state index in [9.17, 15) is 0 Å². The van der Waals surface area contributed by atoms with Gasteiger partial charge in [-0.15, -0.1) is 0 Å². The van der Waals surface area contributed by atoms with Crippen molar-refractivity contribution in [3.8, 4) is 0 Å². The number of aryl methyl sites for hydroxylation is 2. The fraction of sp³-hybridized carbons (Fsp3) is 0.143. The molecule has 2 aromatic carbocycles. The zero-order valence-corrected chi connectivity index (χ0v) is 9.62. The highest BCUT2D eigenvalue weighted by Crippen LogP contribution is 2.22. The second-order valence-corrected chi connectivity index (χ2v) is 4.07. The van der Waals surface area contributed by atoms with Crippen LogP contribution in [0.5, 0.6) is 0 Å². The average molecular weight is 212 g/mol. The van der Waals surface area contributed by atoms with Crippen LogP contribution in [0.3, 0.4) is 0 Å². The fourth-order valence-electron chi connectivity index (χ4n) is 1.62. The fourth-order valence-corrected chi connectivity index (χ4v) is 1.62. The number of hydrogen-bond acceptors (Lipinski definition) is 2. The smallest absolute Gasteiger partial charge is 0.0415 e. The molecule has 0 aliphatic heterocycles. The Bertz CT molecular complexity index is 487. The molecule has 0 radical (unpaired) electrons. The van der Waals surface area contributed by atoms with Crippen molar-refractivity contribution in [1.29, 1.82) is 0 Å². The lowest BCUT2D eigenvalue weighted by molar-refractivity contribution is 1.41. The number of benzene rings is 2. The van der Waals surface area contributed by atoms with E-state index in [0.29, 0.717) is 0 Å². The van der Waals surface area contributed by atoms with E-state index >= 15 is 0 Å². The van der Waals surface area contributed by atoms with Crippen molar-refractivity contribution in [2.75, 3.05) is 11.1 Å². The molecule has 0 amide bonds. The maximum absolute atomic E-state index is 5.71. The minimum atomic E-state index is 0.798. The SMILES string of the molecule is Cc1ccc(Nc2ccc(N)cc2C)cc1. The van der Waals surface area contributed by atoms with Crippen LogP contribution in [0.1, 0.15) is 11.1 Å². The Labute approximate surface area is 96.1 Å². The summed E-state index contributed by atoms with van der Waals surface area (Å²) in [7, 11) is 0. The maximum atomic E-state index is 5.71. The van der Waals surface area contributed by atoms with Crippen LogP contribution in [0.2, 0.25) is 0 Å². The third kappa shape index (κ3) is 2.34.